The van der Waals surface area contributed by atoms with Gasteiger partial charge in [0.2, 0.25) is 0 Å². The van der Waals surface area contributed by atoms with Crippen LogP contribution in [-0.2, 0) is 19.1 Å². The average Bonchev–Trinajstić information content (AvgIpc) is 3.27. The number of thiazole rings is 1. The first-order chi connectivity index (χ1) is 15.2. The second-order valence-electron chi connectivity index (χ2n) is 7.07. The zero-order chi connectivity index (χ0) is 23.4. The molecule has 1 N–H and O–H groups in total. The number of benzene rings is 1. The number of alkyl halides is 1. The standard InChI is InChI=1S/C21H20BrClFN3O4S/c1-10(2)30-20(28)11(3)31-21(29)16-15(9-22)26-18(19-25-6-7-32-19)27-17(16)13-5-4-12(24)8-14(13)23/h4-8,10-11,17H,9H2,1-3H3,(H,26,27)/t11-,17-/m0/s1. The van der Waals surface area contributed by atoms with Crippen LogP contribution in [0.2, 0.25) is 5.02 Å². The summed E-state index contributed by atoms with van der Waals surface area (Å²) in [6, 6.07) is 2.95. The second kappa shape index (κ2) is 10.5. The quantitative estimate of drug-likeness (QED) is 0.406. The van der Waals surface area contributed by atoms with Gasteiger partial charge in [-0.25, -0.2) is 19.0 Å². The van der Waals surface area contributed by atoms with Crippen molar-refractivity contribution in [3.05, 3.63) is 62.5 Å². The van der Waals surface area contributed by atoms with Gasteiger partial charge in [0.1, 0.15) is 11.9 Å². The lowest BCUT2D eigenvalue weighted by molar-refractivity contribution is -0.167. The Balaban J connectivity index is 2.02. The molecule has 1 aliphatic heterocycles. The van der Waals surface area contributed by atoms with Crippen LogP contribution < -0.4 is 5.32 Å². The maximum absolute atomic E-state index is 13.7. The molecule has 170 valence electrons. The third kappa shape index (κ3) is 5.54. The van der Waals surface area contributed by atoms with Gasteiger partial charge in [0.15, 0.2) is 16.9 Å². The Labute approximate surface area is 201 Å². The minimum absolute atomic E-state index is 0.102. The van der Waals surface area contributed by atoms with Crippen LogP contribution in [0.3, 0.4) is 0 Å². The number of carbonyl (C=O) groups excluding carboxylic acids is 2. The largest absolute Gasteiger partial charge is 0.460 e. The van der Waals surface area contributed by atoms with E-state index in [1.807, 2.05) is 0 Å². The molecule has 2 atom stereocenters. The monoisotopic (exact) mass is 543 g/mol. The van der Waals surface area contributed by atoms with Crippen LogP contribution in [-0.4, -0.2) is 40.3 Å². The first-order valence-electron chi connectivity index (χ1n) is 9.61. The summed E-state index contributed by atoms with van der Waals surface area (Å²) in [5.41, 5.74) is 1.01. The molecule has 0 bridgehead atoms. The molecule has 0 amide bonds. The van der Waals surface area contributed by atoms with Crippen molar-refractivity contribution in [2.75, 3.05) is 5.33 Å². The van der Waals surface area contributed by atoms with Gasteiger partial charge in [-0.1, -0.05) is 33.6 Å². The number of esters is 2. The van der Waals surface area contributed by atoms with Crippen molar-refractivity contribution in [2.24, 2.45) is 4.99 Å². The summed E-state index contributed by atoms with van der Waals surface area (Å²) in [5.74, 6) is -1.52. The number of nitrogens with one attached hydrogen (secondary N) is 1. The summed E-state index contributed by atoms with van der Waals surface area (Å²) in [5, 5.41) is 5.85. The topological polar surface area (TPSA) is 89.9 Å². The molecule has 1 aromatic heterocycles. The Kier molecular flexibility index (Phi) is 8.02. The molecule has 1 aromatic carbocycles. The number of rotatable bonds is 7. The minimum atomic E-state index is -1.14. The van der Waals surface area contributed by atoms with Crippen molar-refractivity contribution in [2.45, 2.75) is 39.0 Å². The summed E-state index contributed by atoms with van der Waals surface area (Å²) in [4.78, 5) is 34.2. The van der Waals surface area contributed by atoms with Gasteiger partial charge in [-0.2, -0.15) is 0 Å². The lowest BCUT2D eigenvalue weighted by Gasteiger charge is -2.27. The van der Waals surface area contributed by atoms with Crippen LogP contribution in [0.4, 0.5) is 4.39 Å². The Hall–Kier alpha value is -2.30. The van der Waals surface area contributed by atoms with E-state index in [4.69, 9.17) is 21.1 Å². The van der Waals surface area contributed by atoms with Crippen molar-refractivity contribution >= 4 is 56.6 Å². The lowest BCUT2D eigenvalue weighted by atomic mass is 9.96. The predicted octanol–water partition coefficient (Wildman–Crippen LogP) is 4.56. The molecule has 2 heterocycles. The van der Waals surface area contributed by atoms with Gasteiger partial charge in [0.25, 0.3) is 0 Å². The van der Waals surface area contributed by atoms with E-state index in [0.717, 1.165) is 6.07 Å². The van der Waals surface area contributed by atoms with E-state index in [1.54, 1.807) is 25.4 Å². The zero-order valence-corrected chi connectivity index (χ0v) is 20.6. The Morgan fingerprint density at radius 3 is 2.66 bits per heavy atom. The molecule has 7 nitrogen and oxygen atoms in total. The highest BCUT2D eigenvalue weighted by Crippen LogP contribution is 2.37. The van der Waals surface area contributed by atoms with Crippen LogP contribution in [0.5, 0.6) is 0 Å². The third-order valence-corrected chi connectivity index (χ3v) is 6.01. The maximum atomic E-state index is 13.7. The molecule has 0 radical (unpaired) electrons. The van der Waals surface area contributed by atoms with Crippen molar-refractivity contribution in [3.8, 4) is 0 Å². The minimum Gasteiger partial charge on any atom is -0.460 e. The number of halogens is 3. The number of aromatic nitrogens is 1. The molecule has 11 heteroatoms. The average molecular weight is 545 g/mol. The van der Waals surface area contributed by atoms with Crippen molar-refractivity contribution in [3.63, 3.8) is 0 Å². The first-order valence-corrected chi connectivity index (χ1v) is 12.0. The number of ether oxygens (including phenoxy) is 2. The zero-order valence-electron chi connectivity index (χ0n) is 17.4. The van der Waals surface area contributed by atoms with Gasteiger partial charge in [-0.15, -0.1) is 11.3 Å². The van der Waals surface area contributed by atoms with Gasteiger partial charge in [0, 0.05) is 33.2 Å². The van der Waals surface area contributed by atoms with Gasteiger partial charge in [0.05, 0.1) is 11.7 Å². The summed E-state index contributed by atoms with van der Waals surface area (Å²) in [6.45, 7) is 4.83. The van der Waals surface area contributed by atoms with Crippen molar-refractivity contribution in [1.82, 2.24) is 10.3 Å². The molecule has 0 saturated heterocycles. The van der Waals surface area contributed by atoms with Crippen LogP contribution in [0, 0.1) is 5.82 Å². The first kappa shape index (κ1) is 24.3. The molecule has 0 spiro atoms. The fourth-order valence-electron chi connectivity index (χ4n) is 2.94. The van der Waals surface area contributed by atoms with E-state index in [9.17, 15) is 14.0 Å². The molecule has 0 fully saturated rings. The maximum Gasteiger partial charge on any atom is 0.347 e. The van der Waals surface area contributed by atoms with E-state index in [0.29, 0.717) is 22.1 Å². The highest BCUT2D eigenvalue weighted by Gasteiger charge is 2.35. The SMILES string of the molecule is CC(C)OC(=O)[C@H](C)OC(=O)C1=C(CBr)NC(c2nccs2)=N[C@H]1c1ccc(F)cc1Cl. The smallest absolute Gasteiger partial charge is 0.347 e. The summed E-state index contributed by atoms with van der Waals surface area (Å²) < 4.78 is 24.2. The highest BCUT2D eigenvalue weighted by atomic mass is 79.9. The molecule has 1 aliphatic rings. The normalized spacial score (nSPS) is 17.0. The van der Waals surface area contributed by atoms with E-state index < -0.39 is 29.9 Å². The molecule has 3 rings (SSSR count). The number of aliphatic imine (C=N–C) groups is 1. The third-order valence-electron chi connectivity index (χ3n) is 4.34. The van der Waals surface area contributed by atoms with Gasteiger partial charge in [-0.05, 0) is 32.9 Å². The highest BCUT2D eigenvalue weighted by molar-refractivity contribution is 9.09. The van der Waals surface area contributed by atoms with Gasteiger partial charge < -0.3 is 14.8 Å². The van der Waals surface area contributed by atoms with Crippen molar-refractivity contribution in [1.29, 1.82) is 0 Å². The molecular weight excluding hydrogens is 525 g/mol. The Morgan fingerprint density at radius 2 is 2.06 bits per heavy atom. The Bertz CT molecular complexity index is 1080. The van der Waals surface area contributed by atoms with Crippen LogP contribution in [0.1, 0.15) is 37.4 Å². The van der Waals surface area contributed by atoms with E-state index >= 15 is 0 Å². The molecule has 0 unspecified atom stereocenters. The number of nitrogens with zero attached hydrogens (tertiary/aromatic N) is 2. The molecule has 2 aromatic rings. The fourth-order valence-corrected chi connectivity index (χ4v) is 4.24. The van der Waals surface area contributed by atoms with Crippen LogP contribution in [0.15, 0.2) is 46.0 Å². The van der Waals surface area contributed by atoms with E-state index in [-0.39, 0.29) is 22.0 Å². The number of hydrogen-bond acceptors (Lipinski definition) is 8. The van der Waals surface area contributed by atoms with Gasteiger partial charge >= 0.3 is 11.9 Å². The number of amidine groups is 1. The fraction of sp³-hybridized carbons (Fsp3) is 0.333. The molecule has 32 heavy (non-hydrogen) atoms. The van der Waals surface area contributed by atoms with Gasteiger partial charge in [-0.3, -0.25) is 4.99 Å². The van der Waals surface area contributed by atoms with E-state index in [1.165, 1.54) is 30.4 Å². The Morgan fingerprint density at radius 1 is 1.31 bits per heavy atom. The van der Waals surface area contributed by atoms with Crippen LogP contribution >= 0.6 is 38.9 Å². The molecule has 0 saturated carbocycles. The predicted molar refractivity (Wildman–Crippen MR) is 124 cm³/mol. The summed E-state index contributed by atoms with van der Waals surface area (Å²) in [6.07, 6.45) is 0.143. The number of hydrogen-bond donors (Lipinski definition) is 1. The van der Waals surface area contributed by atoms with Crippen molar-refractivity contribution < 1.29 is 23.5 Å². The second-order valence-corrected chi connectivity index (χ2v) is 8.93. The summed E-state index contributed by atoms with van der Waals surface area (Å²) >= 11 is 11.1. The molecular formula is C21H20BrClFN3O4S. The summed E-state index contributed by atoms with van der Waals surface area (Å²) in [7, 11) is 0. The van der Waals surface area contributed by atoms with Crippen LogP contribution in [0.25, 0.3) is 0 Å². The van der Waals surface area contributed by atoms with E-state index in [2.05, 4.69) is 31.2 Å². The number of carbonyl (C=O) groups is 2. The molecule has 0 aliphatic carbocycles. The number of allylic oxidation sites excluding steroid dienone is 1. The lowest BCUT2D eigenvalue weighted by Crippen LogP contribution is -2.36.